The fourth-order valence-corrected chi connectivity index (χ4v) is 1.48. The first-order valence-electron chi connectivity index (χ1n) is 3.29. The van der Waals surface area contributed by atoms with E-state index in [9.17, 15) is 0 Å². The third-order valence-electron chi connectivity index (χ3n) is 1.43. The maximum Gasteiger partial charge on any atom is 0.0508 e. The molecule has 0 saturated carbocycles. The monoisotopic (exact) mass is 198 g/mol. The highest BCUT2D eigenvalue weighted by Gasteiger charge is 1.99. The third-order valence-corrected chi connectivity index (χ3v) is 2.17. The lowest BCUT2D eigenvalue weighted by Crippen LogP contribution is -1.73. The van der Waals surface area contributed by atoms with Crippen molar-refractivity contribution in [3.63, 3.8) is 0 Å². The Labute approximate surface area is 81.3 Å². The highest BCUT2D eigenvalue weighted by atomic mass is 35.5. The second-order valence-corrected chi connectivity index (χ2v) is 2.93. The zero-order chi connectivity index (χ0) is 7.52. The molecular weight excluding hydrogens is 192 g/mol. The Balaban J connectivity index is 0.000000720. The van der Waals surface area contributed by atoms with Crippen molar-refractivity contribution in [2.24, 2.45) is 9.63 Å². The lowest BCUT2D eigenvalue weighted by Gasteiger charge is -1.96. The average molecular weight is 199 g/mol. The zero-order valence-corrected chi connectivity index (χ0v) is 7.81. The molecule has 12 heavy (non-hydrogen) atoms. The minimum atomic E-state index is 0. The van der Waals surface area contributed by atoms with Gasteiger partial charge in [0.2, 0.25) is 0 Å². The second kappa shape index (κ2) is 4.28. The van der Waals surface area contributed by atoms with Crippen LogP contribution in [0.15, 0.2) is 45.0 Å². The molecule has 0 saturated heterocycles. The molecule has 4 heteroatoms. The molecule has 0 aliphatic carbocycles. The summed E-state index contributed by atoms with van der Waals surface area (Å²) in [4.78, 5) is 1.16. The number of halogens is 1. The minimum absolute atomic E-state index is 0. The minimum Gasteiger partial charge on any atom is -0.151 e. The van der Waals surface area contributed by atoms with E-state index in [2.05, 4.69) is 15.7 Å². The maximum atomic E-state index is 3.87. The van der Waals surface area contributed by atoms with E-state index in [1.807, 2.05) is 24.3 Å². The molecule has 2 nitrogen and oxygen atoms in total. The van der Waals surface area contributed by atoms with E-state index in [1.165, 1.54) is 17.5 Å². The molecule has 1 aliphatic rings. The van der Waals surface area contributed by atoms with Gasteiger partial charge in [-0.1, -0.05) is 18.2 Å². The highest BCUT2D eigenvalue weighted by Crippen LogP contribution is 2.26. The number of rotatable bonds is 0. The molecule has 0 spiro atoms. The second-order valence-electron chi connectivity index (χ2n) is 2.14. The molecule has 0 radical (unpaired) electrons. The van der Waals surface area contributed by atoms with Gasteiger partial charge in [-0.05, 0) is 17.7 Å². The summed E-state index contributed by atoms with van der Waals surface area (Å²) < 4.78 is 3.87. The fourth-order valence-electron chi connectivity index (χ4n) is 0.910. The standard InChI is InChI=1S/C8H6N2S.ClH/c1-2-4-8-7(3-1)5-6-9-10-11-8;/h1-6H;1H. The van der Waals surface area contributed by atoms with E-state index >= 15 is 0 Å². The first kappa shape index (κ1) is 9.29. The molecule has 1 aliphatic heterocycles. The lowest BCUT2D eigenvalue weighted by molar-refractivity contribution is 1.35. The Morgan fingerprint density at radius 1 is 1.17 bits per heavy atom. The Bertz CT molecular complexity index is 323. The fraction of sp³-hybridized carbons (Fsp3) is 0. The van der Waals surface area contributed by atoms with Crippen molar-refractivity contribution >= 4 is 30.4 Å². The van der Waals surface area contributed by atoms with Crippen LogP contribution >= 0.6 is 24.4 Å². The Kier molecular flexibility index (Phi) is 3.31. The van der Waals surface area contributed by atoms with Crippen LogP contribution in [-0.4, -0.2) is 0 Å². The van der Waals surface area contributed by atoms with Crippen molar-refractivity contribution in [3.05, 3.63) is 36.0 Å². The maximum absolute atomic E-state index is 3.87. The largest absolute Gasteiger partial charge is 0.151 e. The van der Waals surface area contributed by atoms with Gasteiger partial charge in [-0.25, -0.2) is 0 Å². The van der Waals surface area contributed by atoms with Crippen LogP contribution in [0.2, 0.25) is 0 Å². The van der Waals surface area contributed by atoms with Gasteiger partial charge in [-0.3, -0.25) is 0 Å². The van der Waals surface area contributed by atoms with Crippen LogP contribution in [0.1, 0.15) is 5.56 Å². The summed E-state index contributed by atoms with van der Waals surface area (Å²) in [6.45, 7) is 0. The molecule has 1 aromatic rings. The molecule has 2 rings (SSSR count). The van der Waals surface area contributed by atoms with Crippen molar-refractivity contribution in [1.29, 1.82) is 0 Å². The van der Waals surface area contributed by atoms with Crippen LogP contribution < -0.4 is 0 Å². The van der Waals surface area contributed by atoms with E-state index in [1.54, 1.807) is 6.20 Å². The smallest absolute Gasteiger partial charge is 0.0508 e. The van der Waals surface area contributed by atoms with Gasteiger partial charge in [0, 0.05) is 16.8 Å². The summed E-state index contributed by atoms with van der Waals surface area (Å²) in [7, 11) is 0. The van der Waals surface area contributed by atoms with Gasteiger partial charge in [-0.2, -0.15) is 5.11 Å². The molecule has 1 heterocycles. The number of hydrogen-bond acceptors (Lipinski definition) is 3. The number of fused-ring (bicyclic) bond motifs is 1. The summed E-state index contributed by atoms with van der Waals surface area (Å²) in [5, 5.41) is 3.79. The Morgan fingerprint density at radius 3 is 2.92 bits per heavy atom. The van der Waals surface area contributed by atoms with E-state index in [-0.39, 0.29) is 12.4 Å². The number of hydrogen-bond donors (Lipinski definition) is 0. The summed E-state index contributed by atoms with van der Waals surface area (Å²) in [5.74, 6) is 0. The van der Waals surface area contributed by atoms with Gasteiger partial charge in [0.05, 0.1) is 6.20 Å². The summed E-state index contributed by atoms with van der Waals surface area (Å²) >= 11 is 1.41. The van der Waals surface area contributed by atoms with Crippen molar-refractivity contribution in [2.45, 2.75) is 4.90 Å². The van der Waals surface area contributed by atoms with Crippen LogP contribution in [0.3, 0.4) is 0 Å². The van der Waals surface area contributed by atoms with Gasteiger partial charge in [0.1, 0.15) is 0 Å². The van der Waals surface area contributed by atoms with Gasteiger partial charge >= 0.3 is 0 Å². The van der Waals surface area contributed by atoms with Crippen LogP contribution in [0.5, 0.6) is 0 Å². The molecule has 0 aromatic heterocycles. The van der Waals surface area contributed by atoms with Crippen LogP contribution in [0.4, 0.5) is 0 Å². The average Bonchev–Trinajstić information content (AvgIpc) is 2.28. The van der Waals surface area contributed by atoms with Gasteiger partial charge in [0.15, 0.2) is 0 Å². The van der Waals surface area contributed by atoms with Crippen molar-refractivity contribution in [2.75, 3.05) is 0 Å². The molecule has 0 unspecified atom stereocenters. The third kappa shape index (κ3) is 1.87. The zero-order valence-electron chi connectivity index (χ0n) is 6.18. The topological polar surface area (TPSA) is 24.7 Å². The van der Waals surface area contributed by atoms with E-state index in [0.29, 0.717) is 0 Å². The molecule has 0 atom stereocenters. The normalized spacial score (nSPS) is 13.0. The van der Waals surface area contributed by atoms with E-state index in [0.717, 1.165) is 4.90 Å². The Hall–Kier alpha value is -0.800. The first-order chi connectivity index (χ1) is 5.47. The van der Waals surface area contributed by atoms with Gasteiger partial charge in [0.25, 0.3) is 0 Å². The van der Waals surface area contributed by atoms with Crippen LogP contribution in [0, 0.1) is 0 Å². The molecule has 0 amide bonds. The SMILES string of the molecule is C1=Cc2ccccc2SN=N1.Cl. The van der Waals surface area contributed by atoms with E-state index in [4.69, 9.17) is 0 Å². The lowest BCUT2D eigenvalue weighted by atomic mass is 10.2. The number of benzene rings is 1. The van der Waals surface area contributed by atoms with Gasteiger partial charge in [-0.15, -0.1) is 16.9 Å². The predicted octanol–water partition coefficient (Wildman–Crippen LogP) is 3.55. The van der Waals surface area contributed by atoms with E-state index < -0.39 is 0 Å². The molecule has 0 bridgehead atoms. The van der Waals surface area contributed by atoms with Gasteiger partial charge < -0.3 is 0 Å². The first-order valence-corrected chi connectivity index (χ1v) is 4.07. The molecule has 0 fully saturated rings. The van der Waals surface area contributed by atoms with Crippen molar-refractivity contribution in [3.8, 4) is 0 Å². The number of nitrogens with zero attached hydrogens (tertiary/aromatic N) is 2. The molecule has 1 aromatic carbocycles. The Morgan fingerprint density at radius 2 is 2.00 bits per heavy atom. The molecule has 62 valence electrons. The van der Waals surface area contributed by atoms with Crippen LogP contribution in [-0.2, 0) is 0 Å². The van der Waals surface area contributed by atoms with Crippen molar-refractivity contribution < 1.29 is 0 Å². The quantitative estimate of drug-likeness (QED) is 0.585. The van der Waals surface area contributed by atoms with Crippen LogP contribution in [0.25, 0.3) is 6.08 Å². The molecular formula is C8H7ClN2S. The van der Waals surface area contributed by atoms with Crippen molar-refractivity contribution in [1.82, 2.24) is 0 Å². The highest BCUT2D eigenvalue weighted by molar-refractivity contribution is 7.98. The predicted molar refractivity (Wildman–Crippen MR) is 53.4 cm³/mol. The summed E-state index contributed by atoms with van der Waals surface area (Å²) in [5.41, 5.74) is 1.18. The summed E-state index contributed by atoms with van der Waals surface area (Å²) in [6, 6.07) is 8.10. The molecule has 0 N–H and O–H groups in total. The summed E-state index contributed by atoms with van der Waals surface area (Å²) in [6.07, 6.45) is 3.66.